The Morgan fingerprint density at radius 2 is 1.29 bits per heavy atom. The molecule has 1 nitrogen and oxygen atoms in total. The number of fused-ring (bicyclic) bond motifs is 6. The molecule has 0 unspecified atom stereocenters. The molecule has 162 valence electrons. The molecule has 0 N–H and O–H groups in total. The highest BCUT2D eigenvalue weighted by molar-refractivity contribution is 6.10. The topological polar surface area (TPSA) is 4.93 Å². The average molecular weight is 436 g/mol. The fourth-order valence-corrected chi connectivity index (χ4v) is 5.74. The average Bonchev–Trinajstić information content (AvgIpc) is 3.43. The van der Waals surface area contributed by atoms with Crippen molar-refractivity contribution < 1.29 is 0 Å². The first kappa shape index (κ1) is 19.4. The molecule has 34 heavy (non-hydrogen) atoms. The number of hydrogen-bond acceptors (Lipinski definition) is 0. The molecule has 1 aliphatic carbocycles. The zero-order chi connectivity index (χ0) is 22.6. The second-order valence-electron chi connectivity index (χ2n) is 9.27. The molecule has 6 aromatic rings. The minimum atomic E-state index is 1.01. The minimum absolute atomic E-state index is 1.01. The van der Waals surface area contributed by atoms with Crippen LogP contribution in [0.2, 0.25) is 0 Å². The fraction of sp³-hybridized carbons (Fsp3) is 0.0909. The maximum atomic E-state index is 2.44. The fourth-order valence-electron chi connectivity index (χ4n) is 5.74. The van der Waals surface area contributed by atoms with Gasteiger partial charge in [-0.1, -0.05) is 85.8 Å². The number of aromatic nitrogens is 1. The van der Waals surface area contributed by atoms with Gasteiger partial charge in [0.2, 0.25) is 0 Å². The highest BCUT2D eigenvalue weighted by Crippen LogP contribution is 2.40. The van der Waals surface area contributed by atoms with Crippen LogP contribution >= 0.6 is 0 Å². The Balaban J connectivity index is 1.45. The van der Waals surface area contributed by atoms with E-state index in [4.69, 9.17) is 0 Å². The third kappa shape index (κ3) is 2.80. The van der Waals surface area contributed by atoms with Crippen LogP contribution in [0, 0.1) is 0 Å². The van der Waals surface area contributed by atoms with Crippen LogP contribution in [0.1, 0.15) is 23.6 Å². The van der Waals surface area contributed by atoms with Gasteiger partial charge in [0.05, 0.1) is 11.0 Å². The van der Waals surface area contributed by atoms with Gasteiger partial charge in [0, 0.05) is 16.5 Å². The van der Waals surface area contributed by atoms with Gasteiger partial charge in [-0.15, -0.1) is 0 Å². The van der Waals surface area contributed by atoms with Crippen LogP contribution in [0.3, 0.4) is 0 Å². The molecule has 5 aromatic carbocycles. The van der Waals surface area contributed by atoms with Crippen LogP contribution in [0.15, 0.2) is 109 Å². The predicted molar refractivity (Wildman–Crippen MR) is 144 cm³/mol. The van der Waals surface area contributed by atoms with E-state index < -0.39 is 0 Å². The summed E-state index contributed by atoms with van der Waals surface area (Å²) in [4.78, 5) is 0. The molecule has 0 saturated heterocycles. The standard InChI is InChI=1S/C33H25N/c1-2-22-9-4-7-13-31(22)34-32-14-8-6-12-28(32)30-21-24(17-18-33(30)34)23-15-16-26-19-25-10-3-5-11-27(25)29(26)20-23/h3-18,20-21H,2,19H2,1H3. The Labute approximate surface area is 199 Å². The van der Waals surface area contributed by atoms with Crippen LogP contribution in [0.5, 0.6) is 0 Å². The predicted octanol–water partition coefficient (Wildman–Crippen LogP) is 8.58. The van der Waals surface area contributed by atoms with Crippen LogP contribution < -0.4 is 0 Å². The van der Waals surface area contributed by atoms with Crippen LogP contribution in [-0.4, -0.2) is 4.57 Å². The summed E-state index contributed by atoms with van der Waals surface area (Å²) in [7, 11) is 0. The van der Waals surface area contributed by atoms with E-state index in [0.717, 1.165) is 12.8 Å². The van der Waals surface area contributed by atoms with E-state index in [1.54, 1.807) is 0 Å². The number of para-hydroxylation sites is 2. The molecule has 0 saturated carbocycles. The Morgan fingerprint density at radius 3 is 2.24 bits per heavy atom. The van der Waals surface area contributed by atoms with Crippen molar-refractivity contribution in [1.82, 2.24) is 4.57 Å². The monoisotopic (exact) mass is 435 g/mol. The number of rotatable bonds is 3. The molecule has 7 rings (SSSR count). The number of nitrogens with zero attached hydrogens (tertiary/aromatic N) is 1. The van der Waals surface area contributed by atoms with Gasteiger partial charge in [-0.2, -0.15) is 0 Å². The Hall–Kier alpha value is -4.10. The summed E-state index contributed by atoms with van der Waals surface area (Å²) < 4.78 is 2.44. The van der Waals surface area contributed by atoms with Gasteiger partial charge in [0.1, 0.15) is 0 Å². The summed E-state index contributed by atoms with van der Waals surface area (Å²) in [5.74, 6) is 0. The van der Waals surface area contributed by atoms with Gasteiger partial charge < -0.3 is 4.57 Å². The quantitative estimate of drug-likeness (QED) is 0.262. The largest absolute Gasteiger partial charge is 0.309 e. The van der Waals surface area contributed by atoms with E-state index in [0.29, 0.717) is 0 Å². The Kier molecular flexibility index (Phi) is 4.25. The summed E-state index contributed by atoms with van der Waals surface area (Å²) in [5, 5.41) is 2.61. The lowest BCUT2D eigenvalue weighted by molar-refractivity contribution is 1.07. The van der Waals surface area contributed by atoms with Gasteiger partial charge in [-0.05, 0) is 82.1 Å². The van der Waals surface area contributed by atoms with E-state index in [2.05, 4.69) is 121 Å². The highest BCUT2D eigenvalue weighted by atomic mass is 15.0. The smallest absolute Gasteiger partial charge is 0.0541 e. The maximum Gasteiger partial charge on any atom is 0.0541 e. The van der Waals surface area contributed by atoms with Gasteiger partial charge in [-0.25, -0.2) is 0 Å². The van der Waals surface area contributed by atoms with Crippen molar-refractivity contribution in [2.45, 2.75) is 19.8 Å². The van der Waals surface area contributed by atoms with E-state index >= 15 is 0 Å². The number of aryl methyl sites for hydroxylation is 1. The van der Waals surface area contributed by atoms with Crippen LogP contribution in [0.4, 0.5) is 0 Å². The lowest BCUT2D eigenvalue weighted by Gasteiger charge is -2.12. The Morgan fingerprint density at radius 1 is 0.588 bits per heavy atom. The van der Waals surface area contributed by atoms with Crippen molar-refractivity contribution in [3.63, 3.8) is 0 Å². The highest BCUT2D eigenvalue weighted by Gasteiger charge is 2.19. The molecule has 0 bridgehead atoms. The Bertz CT molecular complexity index is 1720. The van der Waals surface area contributed by atoms with Crippen molar-refractivity contribution in [3.8, 4) is 27.9 Å². The zero-order valence-corrected chi connectivity index (χ0v) is 19.3. The molecule has 0 atom stereocenters. The van der Waals surface area contributed by atoms with Crippen molar-refractivity contribution in [2.75, 3.05) is 0 Å². The molecule has 1 heteroatoms. The summed E-state index contributed by atoms with van der Waals surface area (Å²) >= 11 is 0. The maximum absolute atomic E-state index is 2.44. The number of benzene rings is 5. The van der Waals surface area contributed by atoms with Gasteiger partial charge in [0.25, 0.3) is 0 Å². The third-order valence-electron chi connectivity index (χ3n) is 7.42. The van der Waals surface area contributed by atoms with Gasteiger partial charge in [-0.3, -0.25) is 0 Å². The summed E-state index contributed by atoms with van der Waals surface area (Å²) in [6, 6.07) is 40.3. The number of hydrogen-bond donors (Lipinski definition) is 0. The molecule has 1 aromatic heterocycles. The molecular formula is C33H25N. The van der Waals surface area contributed by atoms with Crippen molar-refractivity contribution in [1.29, 1.82) is 0 Å². The molecule has 0 amide bonds. The molecule has 0 fully saturated rings. The van der Waals surface area contributed by atoms with Gasteiger partial charge in [0.15, 0.2) is 0 Å². The summed E-state index contributed by atoms with van der Waals surface area (Å²) in [6.45, 7) is 2.23. The van der Waals surface area contributed by atoms with E-state index in [1.807, 2.05) is 0 Å². The summed E-state index contributed by atoms with van der Waals surface area (Å²) in [6.07, 6.45) is 2.05. The zero-order valence-electron chi connectivity index (χ0n) is 19.3. The first-order valence-electron chi connectivity index (χ1n) is 12.1. The summed E-state index contributed by atoms with van der Waals surface area (Å²) in [5.41, 5.74) is 13.3. The van der Waals surface area contributed by atoms with E-state index in [-0.39, 0.29) is 0 Å². The minimum Gasteiger partial charge on any atom is -0.309 e. The molecule has 1 aliphatic rings. The van der Waals surface area contributed by atoms with E-state index in [1.165, 1.54) is 66.4 Å². The van der Waals surface area contributed by atoms with Gasteiger partial charge >= 0.3 is 0 Å². The molecular weight excluding hydrogens is 410 g/mol. The third-order valence-corrected chi connectivity index (χ3v) is 7.42. The molecule has 0 aliphatic heterocycles. The first-order chi connectivity index (χ1) is 16.8. The lowest BCUT2D eigenvalue weighted by Crippen LogP contribution is -1.98. The van der Waals surface area contributed by atoms with E-state index in [9.17, 15) is 0 Å². The molecule has 0 radical (unpaired) electrons. The molecule has 0 spiro atoms. The first-order valence-corrected chi connectivity index (χ1v) is 12.1. The van der Waals surface area contributed by atoms with Crippen molar-refractivity contribution >= 4 is 21.8 Å². The second kappa shape index (κ2) is 7.46. The normalized spacial score (nSPS) is 12.3. The van der Waals surface area contributed by atoms with Crippen molar-refractivity contribution in [3.05, 3.63) is 126 Å². The lowest BCUT2D eigenvalue weighted by atomic mass is 9.97. The molecule has 1 heterocycles. The van der Waals surface area contributed by atoms with Crippen molar-refractivity contribution in [2.24, 2.45) is 0 Å². The SMILES string of the molecule is CCc1ccccc1-n1c2ccccc2c2cc(-c3ccc4c(c3)-c3ccccc3C4)ccc21. The second-order valence-corrected chi connectivity index (χ2v) is 9.27. The van der Waals surface area contributed by atoms with Crippen LogP contribution in [-0.2, 0) is 12.8 Å². The van der Waals surface area contributed by atoms with Crippen LogP contribution in [0.25, 0.3) is 49.7 Å².